The number of fused-ring (bicyclic) bond motifs is 1. The molecule has 2 nitrogen and oxygen atoms in total. The van der Waals surface area contributed by atoms with Gasteiger partial charge < -0.3 is 10.5 Å². The first-order valence-corrected chi connectivity index (χ1v) is 8.08. The Kier molecular flexibility index (Phi) is 5.55. The van der Waals surface area contributed by atoms with E-state index in [4.69, 9.17) is 10.5 Å². The summed E-state index contributed by atoms with van der Waals surface area (Å²) in [4.78, 5) is 0. The van der Waals surface area contributed by atoms with E-state index in [9.17, 15) is 0 Å². The zero-order chi connectivity index (χ0) is 13.5. The summed E-state index contributed by atoms with van der Waals surface area (Å²) in [5.41, 5.74) is 6.98. The van der Waals surface area contributed by atoms with Crippen molar-refractivity contribution in [2.24, 2.45) is 5.73 Å². The molecule has 0 heterocycles. The number of benzene rings is 2. The number of hydrogen-bond acceptors (Lipinski definition) is 3. The molecule has 0 aromatic heterocycles. The maximum atomic E-state index is 5.93. The molecule has 0 unspecified atom stereocenters. The van der Waals surface area contributed by atoms with E-state index in [1.54, 1.807) is 0 Å². The lowest BCUT2D eigenvalue weighted by atomic mass is 10.0. The third kappa shape index (κ3) is 3.64. The topological polar surface area (TPSA) is 35.2 Å². The largest absolute Gasteiger partial charge is 0.493 e. The number of hydrogen-bond donors (Lipinski definition) is 1. The van der Waals surface area contributed by atoms with Gasteiger partial charge in [0, 0.05) is 5.56 Å². The van der Waals surface area contributed by atoms with E-state index in [-0.39, 0.29) is 0 Å². The predicted octanol–water partition coefficient (Wildman–Crippen LogP) is 3.47. The van der Waals surface area contributed by atoms with Crippen LogP contribution in [0.2, 0.25) is 0 Å². The average Bonchev–Trinajstić information content (AvgIpc) is 2.45. The molecule has 0 amide bonds. The fourth-order valence-electron chi connectivity index (χ4n) is 2.24. The van der Waals surface area contributed by atoms with Gasteiger partial charge in [-0.05, 0) is 48.2 Å². The standard InChI is InChI=1S/C16H21NOS/c1-19-12-4-11-18-16-8-7-13-5-2-3-6-14(13)15(16)9-10-17/h2-3,5-8H,4,9-12,17H2,1H3. The van der Waals surface area contributed by atoms with Crippen LogP contribution in [-0.2, 0) is 6.42 Å². The van der Waals surface area contributed by atoms with Gasteiger partial charge in [0.25, 0.3) is 0 Å². The number of rotatable bonds is 7. The van der Waals surface area contributed by atoms with E-state index in [0.717, 1.165) is 31.0 Å². The fraction of sp³-hybridized carbons (Fsp3) is 0.375. The van der Waals surface area contributed by atoms with Crippen LogP contribution in [0.5, 0.6) is 5.75 Å². The van der Waals surface area contributed by atoms with Crippen molar-refractivity contribution < 1.29 is 4.74 Å². The van der Waals surface area contributed by atoms with E-state index in [1.165, 1.54) is 16.3 Å². The van der Waals surface area contributed by atoms with E-state index in [1.807, 2.05) is 11.8 Å². The van der Waals surface area contributed by atoms with Crippen LogP contribution in [0.1, 0.15) is 12.0 Å². The van der Waals surface area contributed by atoms with Gasteiger partial charge in [-0.1, -0.05) is 30.3 Å². The summed E-state index contributed by atoms with van der Waals surface area (Å²) >= 11 is 1.85. The number of ether oxygens (including phenoxy) is 1. The minimum Gasteiger partial charge on any atom is -0.493 e. The van der Waals surface area contributed by atoms with Crippen molar-refractivity contribution >= 4 is 22.5 Å². The molecule has 0 aliphatic heterocycles. The molecule has 2 rings (SSSR count). The molecule has 0 bridgehead atoms. The van der Waals surface area contributed by atoms with Crippen molar-refractivity contribution in [3.63, 3.8) is 0 Å². The van der Waals surface area contributed by atoms with Gasteiger partial charge in [-0.2, -0.15) is 11.8 Å². The van der Waals surface area contributed by atoms with Gasteiger partial charge in [-0.15, -0.1) is 0 Å². The van der Waals surface area contributed by atoms with Crippen molar-refractivity contribution in [3.8, 4) is 5.75 Å². The first-order chi connectivity index (χ1) is 9.36. The maximum absolute atomic E-state index is 5.93. The summed E-state index contributed by atoms with van der Waals surface area (Å²) in [6.45, 7) is 1.42. The highest BCUT2D eigenvalue weighted by Crippen LogP contribution is 2.28. The first-order valence-electron chi connectivity index (χ1n) is 6.69. The lowest BCUT2D eigenvalue weighted by Crippen LogP contribution is -2.07. The van der Waals surface area contributed by atoms with Gasteiger partial charge >= 0.3 is 0 Å². The Hall–Kier alpha value is -1.19. The Morgan fingerprint density at radius 3 is 2.79 bits per heavy atom. The second-order valence-corrected chi connectivity index (χ2v) is 5.48. The van der Waals surface area contributed by atoms with Crippen LogP contribution >= 0.6 is 11.8 Å². The van der Waals surface area contributed by atoms with Gasteiger partial charge in [0.15, 0.2) is 0 Å². The second-order valence-electron chi connectivity index (χ2n) is 4.50. The Morgan fingerprint density at radius 1 is 1.16 bits per heavy atom. The third-order valence-corrected chi connectivity index (χ3v) is 3.84. The van der Waals surface area contributed by atoms with E-state index in [2.05, 4.69) is 42.7 Å². The smallest absolute Gasteiger partial charge is 0.123 e. The Morgan fingerprint density at radius 2 is 2.00 bits per heavy atom. The van der Waals surface area contributed by atoms with E-state index >= 15 is 0 Å². The molecule has 2 aromatic rings. The lowest BCUT2D eigenvalue weighted by Gasteiger charge is -2.13. The van der Waals surface area contributed by atoms with Crippen LogP contribution < -0.4 is 10.5 Å². The second kappa shape index (κ2) is 7.41. The average molecular weight is 275 g/mol. The van der Waals surface area contributed by atoms with Crippen molar-refractivity contribution in [2.45, 2.75) is 12.8 Å². The van der Waals surface area contributed by atoms with Crippen LogP contribution in [-0.4, -0.2) is 25.2 Å². The molecule has 0 aliphatic rings. The van der Waals surface area contributed by atoms with Gasteiger partial charge in [0.05, 0.1) is 6.61 Å². The molecule has 2 N–H and O–H groups in total. The summed E-state index contributed by atoms with van der Waals surface area (Å²) in [6.07, 6.45) is 4.06. The molecule has 0 spiro atoms. The summed E-state index contributed by atoms with van der Waals surface area (Å²) < 4.78 is 5.93. The third-order valence-electron chi connectivity index (χ3n) is 3.14. The number of thioether (sulfide) groups is 1. The molecule has 0 aliphatic carbocycles. The molecular weight excluding hydrogens is 254 g/mol. The normalized spacial score (nSPS) is 10.8. The first kappa shape index (κ1) is 14.2. The minimum atomic E-state index is 0.648. The molecule has 0 saturated heterocycles. The molecule has 0 fully saturated rings. The maximum Gasteiger partial charge on any atom is 0.123 e. The van der Waals surface area contributed by atoms with Crippen LogP contribution in [0.3, 0.4) is 0 Å². The molecule has 3 heteroatoms. The summed E-state index contributed by atoms with van der Waals surface area (Å²) in [5, 5.41) is 2.51. The van der Waals surface area contributed by atoms with Crippen LogP contribution in [0.15, 0.2) is 36.4 Å². The van der Waals surface area contributed by atoms with Gasteiger partial charge in [0.2, 0.25) is 0 Å². The highest BCUT2D eigenvalue weighted by Gasteiger charge is 2.07. The van der Waals surface area contributed by atoms with Crippen molar-refractivity contribution in [3.05, 3.63) is 42.0 Å². The van der Waals surface area contributed by atoms with Crippen molar-refractivity contribution in [2.75, 3.05) is 25.2 Å². The monoisotopic (exact) mass is 275 g/mol. The zero-order valence-electron chi connectivity index (χ0n) is 11.4. The Bertz CT molecular complexity index is 527. The summed E-state index contributed by atoms with van der Waals surface area (Å²) in [5.74, 6) is 2.13. The van der Waals surface area contributed by atoms with Crippen LogP contribution in [0.4, 0.5) is 0 Å². The molecule has 2 aromatic carbocycles. The quantitative estimate of drug-likeness (QED) is 0.786. The minimum absolute atomic E-state index is 0.648. The Labute approximate surface area is 119 Å². The highest BCUT2D eigenvalue weighted by atomic mass is 32.2. The van der Waals surface area contributed by atoms with Gasteiger partial charge in [-0.25, -0.2) is 0 Å². The molecule has 0 atom stereocenters. The van der Waals surface area contributed by atoms with Crippen LogP contribution in [0.25, 0.3) is 10.8 Å². The van der Waals surface area contributed by atoms with Crippen LogP contribution in [0, 0.1) is 0 Å². The van der Waals surface area contributed by atoms with Gasteiger partial charge in [-0.3, -0.25) is 0 Å². The van der Waals surface area contributed by atoms with Crippen molar-refractivity contribution in [1.82, 2.24) is 0 Å². The summed E-state index contributed by atoms with van der Waals surface area (Å²) in [6, 6.07) is 12.6. The molecule has 0 radical (unpaired) electrons. The Balaban J connectivity index is 2.24. The molecule has 0 saturated carbocycles. The summed E-state index contributed by atoms with van der Waals surface area (Å²) in [7, 11) is 0. The highest BCUT2D eigenvalue weighted by molar-refractivity contribution is 7.98. The SMILES string of the molecule is CSCCCOc1ccc2ccccc2c1CCN. The molecule has 102 valence electrons. The zero-order valence-corrected chi connectivity index (χ0v) is 12.2. The van der Waals surface area contributed by atoms with E-state index in [0.29, 0.717) is 6.54 Å². The molecular formula is C16H21NOS. The lowest BCUT2D eigenvalue weighted by molar-refractivity contribution is 0.316. The van der Waals surface area contributed by atoms with Gasteiger partial charge in [0.1, 0.15) is 5.75 Å². The van der Waals surface area contributed by atoms with Crippen molar-refractivity contribution in [1.29, 1.82) is 0 Å². The molecule has 19 heavy (non-hydrogen) atoms. The fourth-order valence-corrected chi connectivity index (χ4v) is 2.65. The van der Waals surface area contributed by atoms with E-state index < -0.39 is 0 Å². The number of nitrogens with two attached hydrogens (primary N) is 1. The predicted molar refractivity (Wildman–Crippen MR) is 85.2 cm³/mol.